The van der Waals surface area contributed by atoms with Crippen molar-refractivity contribution in [2.75, 3.05) is 13.7 Å². The fourth-order valence-electron chi connectivity index (χ4n) is 3.19. The molecule has 2 heterocycles. The summed E-state index contributed by atoms with van der Waals surface area (Å²) in [4.78, 5) is 0. The Hall–Kier alpha value is -1.18. The summed E-state index contributed by atoms with van der Waals surface area (Å²) in [5, 5.41) is 20.6. The lowest BCUT2D eigenvalue weighted by atomic mass is 9.81. The lowest BCUT2D eigenvalue weighted by molar-refractivity contribution is -0.278. The molecule has 2 aliphatic heterocycles. The van der Waals surface area contributed by atoms with Gasteiger partial charge in [0.05, 0.1) is 18.1 Å². The first-order valence-corrected chi connectivity index (χ1v) is 7.08. The molecule has 3 rings (SSSR count). The summed E-state index contributed by atoms with van der Waals surface area (Å²) in [6.45, 7) is 2.09. The molecule has 0 saturated carbocycles. The van der Waals surface area contributed by atoms with Gasteiger partial charge < -0.3 is 30.2 Å². The average Bonchev–Trinajstić information content (AvgIpc) is 2.49. The van der Waals surface area contributed by atoms with Crippen molar-refractivity contribution in [2.45, 2.75) is 37.6 Å². The van der Waals surface area contributed by atoms with Crippen molar-refractivity contribution in [3.8, 4) is 5.75 Å². The Morgan fingerprint density at radius 2 is 2.05 bits per heavy atom. The Kier molecular flexibility index (Phi) is 3.90. The quantitative estimate of drug-likeness (QED) is 0.716. The minimum atomic E-state index is -1.05. The molecule has 21 heavy (non-hydrogen) atoms. The first-order chi connectivity index (χ1) is 10.1. The van der Waals surface area contributed by atoms with E-state index in [0.717, 1.165) is 11.1 Å². The van der Waals surface area contributed by atoms with Crippen molar-refractivity contribution in [2.24, 2.45) is 11.7 Å². The number of aliphatic hydroxyl groups excluding tert-OH is 2. The lowest BCUT2D eigenvalue weighted by Gasteiger charge is -2.47. The number of fused-ring (bicyclic) bond motifs is 2. The SMILES string of the molecule is COC1c2cc(C)ccc2OC2OC(CN)C(O)C(O)C21. The van der Waals surface area contributed by atoms with Gasteiger partial charge in [-0.3, -0.25) is 0 Å². The smallest absolute Gasteiger partial charge is 0.208 e. The maximum atomic E-state index is 10.4. The minimum absolute atomic E-state index is 0.114. The largest absolute Gasteiger partial charge is 0.464 e. The number of aryl methyl sites for hydroxylation is 1. The van der Waals surface area contributed by atoms with E-state index in [4.69, 9.17) is 19.9 Å². The predicted octanol–water partition coefficient (Wildman–Crippen LogP) is 0.0965. The van der Waals surface area contributed by atoms with Crippen molar-refractivity contribution < 1.29 is 24.4 Å². The van der Waals surface area contributed by atoms with Crippen molar-refractivity contribution in [3.63, 3.8) is 0 Å². The van der Waals surface area contributed by atoms with Crippen molar-refractivity contribution in [1.29, 1.82) is 0 Å². The number of hydrogen-bond acceptors (Lipinski definition) is 6. The highest BCUT2D eigenvalue weighted by Crippen LogP contribution is 2.45. The second-order valence-electron chi connectivity index (χ2n) is 5.65. The standard InChI is InChI=1S/C15H21NO5/c1-7-3-4-9-8(5-7)14(19-2)11-13(18)12(17)10(6-16)21-15(11)20-9/h3-5,10-15,17-18H,6,16H2,1-2H3. The number of hydrogen-bond donors (Lipinski definition) is 3. The molecule has 4 N–H and O–H groups in total. The van der Waals surface area contributed by atoms with Crippen LogP contribution in [0.4, 0.5) is 0 Å². The number of aliphatic hydroxyl groups is 2. The summed E-state index contributed by atoms with van der Waals surface area (Å²) in [6, 6.07) is 5.78. The van der Waals surface area contributed by atoms with Crippen molar-refractivity contribution >= 4 is 0 Å². The Labute approximate surface area is 123 Å². The molecule has 1 fully saturated rings. The highest BCUT2D eigenvalue weighted by Gasteiger charge is 2.52. The fraction of sp³-hybridized carbons (Fsp3) is 0.600. The Morgan fingerprint density at radius 3 is 2.71 bits per heavy atom. The minimum Gasteiger partial charge on any atom is -0.464 e. The van der Waals surface area contributed by atoms with Gasteiger partial charge in [0, 0.05) is 19.2 Å². The van der Waals surface area contributed by atoms with E-state index in [9.17, 15) is 10.2 Å². The molecule has 0 aromatic heterocycles. The number of rotatable bonds is 2. The second kappa shape index (κ2) is 5.55. The van der Waals surface area contributed by atoms with Crippen LogP contribution in [0.15, 0.2) is 18.2 Å². The molecule has 6 unspecified atom stereocenters. The molecule has 0 radical (unpaired) electrons. The van der Waals surface area contributed by atoms with Gasteiger partial charge in [0.1, 0.15) is 18.0 Å². The van der Waals surface area contributed by atoms with E-state index in [1.54, 1.807) is 7.11 Å². The molecular formula is C15H21NO5. The van der Waals surface area contributed by atoms with Gasteiger partial charge in [-0.05, 0) is 19.1 Å². The van der Waals surface area contributed by atoms with Crippen LogP contribution in [0.2, 0.25) is 0 Å². The third-order valence-corrected chi connectivity index (χ3v) is 4.30. The van der Waals surface area contributed by atoms with Crippen LogP contribution in [0, 0.1) is 12.8 Å². The second-order valence-corrected chi connectivity index (χ2v) is 5.65. The van der Waals surface area contributed by atoms with Gasteiger partial charge in [-0.15, -0.1) is 0 Å². The molecule has 6 atom stereocenters. The van der Waals surface area contributed by atoms with Gasteiger partial charge in [0.25, 0.3) is 0 Å². The Morgan fingerprint density at radius 1 is 1.29 bits per heavy atom. The number of methoxy groups -OCH3 is 1. The zero-order chi connectivity index (χ0) is 15.1. The van der Waals surface area contributed by atoms with E-state index in [1.165, 1.54) is 0 Å². The summed E-state index contributed by atoms with van der Waals surface area (Å²) in [5.41, 5.74) is 7.51. The summed E-state index contributed by atoms with van der Waals surface area (Å²) in [7, 11) is 1.58. The van der Waals surface area contributed by atoms with Crippen LogP contribution in [0.25, 0.3) is 0 Å². The van der Waals surface area contributed by atoms with E-state index >= 15 is 0 Å². The highest BCUT2D eigenvalue weighted by atomic mass is 16.7. The van der Waals surface area contributed by atoms with Gasteiger partial charge in [-0.25, -0.2) is 0 Å². The van der Waals surface area contributed by atoms with E-state index in [2.05, 4.69) is 0 Å². The molecule has 6 nitrogen and oxygen atoms in total. The number of benzene rings is 1. The Balaban J connectivity index is 2.00. The van der Waals surface area contributed by atoms with Crippen LogP contribution >= 0.6 is 0 Å². The van der Waals surface area contributed by atoms with Crippen LogP contribution < -0.4 is 10.5 Å². The molecule has 116 valence electrons. The molecule has 1 saturated heterocycles. The molecule has 0 spiro atoms. The van der Waals surface area contributed by atoms with E-state index in [1.807, 2.05) is 25.1 Å². The maximum Gasteiger partial charge on any atom is 0.208 e. The van der Waals surface area contributed by atoms with Crippen LogP contribution in [-0.4, -0.2) is 48.5 Å². The van der Waals surface area contributed by atoms with E-state index in [-0.39, 0.29) is 6.54 Å². The van der Waals surface area contributed by atoms with Gasteiger partial charge >= 0.3 is 0 Å². The van der Waals surface area contributed by atoms with Crippen LogP contribution in [0.1, 0.15) is 17.2 Å². The zero-order valence-electron chi connectivity index (χ0n) is 12.1. The molecule has 0 aliphatic carbocycles. The first-order valence-electron chi connectivity index (χ1n) is 7.08. The predicted molar refractivity (Wildman–Crippen MR) is 74.8 cm³/mol. The third kappa shape index (κ3) is 2.33. The maximum absolute atomic E-state index is 10.4. The molecule has 2 aliphatic rings. The zero-order valence-corrected chi connectivity index (χ0v) is 12.1. The molecule has 0 amide bonds. The molecule has 0 bridgehead atoms. The summed E-state index contributed by atoms with van der Waals surface area (Å²) < 4.78 is 17.1. The Bertz CT molecular complexity index is 523. The topological polar surface area (TPSA) is 94.2 Å². The molecule has 1 aromatic rings. The van der Waals surface area contributed by atoms with Crippen molar-refractivity contribution in [3.05, 3.63) is 29.3 Å². The summed E-state index contributed by atoms with van der Waals surface area (Å²) in [5.74, 6) is 0.176. The van der Waals surface area contributed by atoms with Gasteiger partial charge in [0.2, 0.25) is 6.29 Å². The lowest BCUT2D eigenvalue weighted by Crippen LogP contribution is -2.60. The molecular weight excluding hydrogens is 274 g/mol. The van der Waals surface area contributed by atoms with Crippen molar-refractivity contribution in [1.82, 2.24) is 0 Å². The molecule has 1 aromatic carbocycles. The monoisotopic (exact) mass is 295 g/mol. The normalized spacial score (nSPS) is 38.3. The van der Waals surface area contributed by atoms with E-state index < -0.39 is 36.6 Å². The summed E-state index contributed by atoms with van der Waals surface area (Å²) in [6.07, 6.45) is -3.80. The van der Waals surface area contributed by atoms with Crippen LogP contribution in [0.5, 0.6) is 5.75 Å². The fourth-order valence-corrected chi connectivity index (χ4v) is 3.19. The van der Waals surface area contributed by atoms with Crippen LogP contribution in [0.3, 0.4) is 0 Å². The number of nitrogens with two attached hydrogens (primary N) is 1. The van der Waals surface area contributed by atoms with Gasteiger partial charge in [-0.1, -0.05) is 11.6 Å². The van der Waals surface area contributed by atoms with Gasteiger partial charge in [-0.2, -0.15) is 0 Å². The number of ether oxygens (including phenoxy) is 3. The van der Waals surface area contributed by atoms with E-state index in [0.29, 0.717) is 5.75 Å². The third-order valence-electron chi connectivity index (χ3n) is 4.30. The first kappa shape index (κ1) is 14.7. The molecule has 6 heteroatoms. The average molecular weight is 295 g/mol. The highest BCUT2D eigenvalue weighted by molar-refractivity contribution is 5.41. The van der Waals surface area contributed by atoms with Crippen LogP contribution in [-0.2, 0) is 9.47 Å². The van der Waals surface area contributed by atoms with Gasteiger partial charge in [0.15, 0.2) is 0 Å². The summed E-state index contributed by atoms with van der Waals surface area (Å²) >= 11 is 0.